The summed E-state index contributed by atoms with van der Waals surface area (Å²) in [5.41, 5.74) is 0.554. The lowest BCUT2D eigenvalue weighted by molar-refractivity contribution is -0.132. The van der Waals surface area contributed by atoms with Gasteiger partial charge in [-0.25, -0.2) is 4.98 Å². The highest BCUT2D eigenvalue weighted by atomic mass is 79.9. The first-order valence-corrected chi connectivity index (χ1v) is 5.34. The fourth-order valence-electron chi connectivity index (χ4n) is 1.33. The van der Waals surface area contributed by atoms with Crippen molar-refractivity contribution in [2.75, 3.05) is 0 Å². The number of hydrogen-bond donors (Lipinski definition) is 1. The molecule has 0 atom stereocenters. The minimum atomic E-state index is -0.428. The van der Waals surface area contributed by atoms with Crippen molar-refractivity contribution in [1.29, 1.82) is 0 Å². The quantitative estimate of drug-likeness (QED) is 0.817. The van der Waals surface area contributed by atoms with Crippen LogP contribution in [-0.4, -0.2) is 16.1 Å². The highest BCUT2D eigenvalue weighted by molar-refractivity contribution is 9.10. The van der Waals surface area contributed by atoms with E-state index in [0.717, 1.165) is 5.39 Å². The Morgan fingerprint density at radius 3 is 2.75 bits per heavy atom. The number of halogens is 1. The zero-order valence-corrected chi connectivity index (χ0v) is 9.98. The largest absolute Gasteiger partial charge is 0.507 e. The molecule has 5 heteroatoms. The molecule has 0 fully saturated rings. The van der Waals surface area contributed by atoms with Crippen LogP contribution >= 0.6 is 15.9 Å². The number of benzene rings is 1. The fourth-order valence-corrected chi connectivity index (χ4v) is 1.78. The molecule has 0 amide bonds. The molecular weight excluding hydrogens is 274 g/mol. The summed E-state index contributed by atoms with van der Waals surface area (Å²) < 4.78 is 5.35. The average Bonchev–Trinajstić information content (AvgIpc) is 2.23. The summed E-state index contributed by atoms with van der Waals surface area (Å²) in [4.78, 5) is 14.9. The molecule has 0 unspecified atom stereocenters. The van der Waals surface area contributed by atoms with Crippen molar-refractivity contribution in [3.05, 3.63) is 28.7 Å². The van der Waals surface area contributed by atoms with E-state index in [1.165, 1.54) is 6.92 Å². The van der Waals surface area contributed by atoms with Crippen LogP contribution in [0.4, 0.5) is 0 Å². The van der Waals surface area contributed by atoms with Gasteiger partial charge in [0.05, 0.1) is 9.99 Å². The number of aromatic hydroxyl groups is 1. The first-order chi connectivity index (χ1) is 7.58. The van der Waals surface area contributed by atoms with Crippen molar-refractivity contribution in [3.8, 4) is 11.6 Å². The first-order valence-electron chi connectivity index (χ1n) is 4.54. The zero-order chi connectivity index (χ0) is 11.7. The van der Waals surface area contributed by atoms with E-state index in [1.54, 1.807) is 24.3 Å². The third kappa shape index (κ3) is 1.99. The number of rotatable bonds is 1. The molecule has 1 aromatic heterocycles. The lowest BCUT2D eigenvalue weighted by atomic mass is 10.2. The SMILES string of the molecule is CC(=O)Oc1ccc2ccc(O)c(Br)c2n1. The van der Waals surface area contributed by atoms with Crippen molar-refractivity contribution >= 4 is 32.8 Å². The van der Waals surface area contributed by atoms with E-state index in [0.29, 0.717) is 9.99 Å². The fraction of sp³-hybridized carbons (Fsp3) is 0.0909. The van der Waals surface area contributed by atoms with Crippen molar-refractivity contribution < 1.29 is 14.6 Å². The van der Waals surface area contributed by atoms with E-state index in [4.69, 9.17) is 4.74 Å². The van der Waals surface area contributed by atoms with Crippen LogP contribution in [0.15, 0.2) is 28.7 Å². The van der Waals surface area contributed by atoms with Crippen LogP contribution in [0.3, 0.4) is 0 Å². The lowest BCUT2D eigenvalue weighted by Crippen LogP contribution is -2.02. The molecule has 2 aromatic rings. The molecule has 0 aliphatic carbocycles. The van der Waals surface area contributed by atoms with E-state index in [9.17, 15) is 9.90 Å². The minimum Gasteiger partial charge on any atom is -0.507 e. The van der Waals surface area contributed by atoms with E-state index in [2.05, 4.69) is 20.9 Å². The Morgan fingerprint density at radius 1 is 1.38 bits per heavy atom. The van der Waals surface area contributed by atoms with Gasteiger partial charge >= 0.3 is 5.97 Å². The lowest BCUT2D eigenvalue weighted by Gasteiger charge is -2.04. The summed E-state index contributed by atoms with van der Waals surface area (Å²) in [5, 5.41) is 10.3. The Balaban J connectivity index is 2.59. The molecule has 1 N–H and O–H groups in total. The molecule has 0 radical (unpaired) electrons. The normalized spacial score (nSPS) is 10.4. The number of aromatic nitrogens is 1. The van der Waals surface area contributed by atoms with Crippen LogP contribution in [0.1, 0.15) is 6.92 Å². The maximum atomic E-state index is 10.8. The second-order valence-electron chi connectivity index (χ2n) is 3.21. The molecule has 82 valence electrons. The van der Waals surface area contributed by atoms with Gasteiger partial charge in [0.1, 0.15) is 5.75 Å². The first kappa shape index (κ1) is 10.9. The topological polar surface area (TPSA) is 59.4 Å². The zero-order valence-electron chi connectivity index (χ0n) is 8.40. The third-order valence-corrected chi connectivity index (χ3v) is 2.78. The molecule has 0 spiro atoms. The van der Waals surface area contributed by atoms with Crippen molar-refractivity contribution in [2.45, 2.75) is 6.92 Å². The third-order valence-electron chi connectivity index (χ3n) is 2.00. The van der Waals surface area contributed by atoms with Gasteiger partial charge in [0, 0.05) is 18.4 Å². The summed E-state index contributed by atoms with van der Waals surface area (Å²) >= 11 is 3.23. The van der Waals surface area contributed by atoms with Crippen molar-refractivity contribution in [1.82, 2.24) is 4.98 Å². The number of phenolic OH excluding ortho intramolecular Hbond substituents is 1. The number of phenols is 1. The second kappa shape index (κ2) is 4.09. The average molecular weight is 282 g/mol. The van der Waals surface area contributed by atoms with Gasteiger partial charge in [-0.3, -0.25) is 4.79 Å². The number of ether oxygens (including phenoxy) is 1. The second-order valence-corrected chi connectivity index (χ2v) is 4.01. The van der Waals surface area contributed by atoms with Gasteiger partial charge in [0.2, 0.25) is 5.88 Å². The van der Waals surface area contributed by atoms with Crippen molar-refractivity contribution in [3.63, 3.8) is 0 Å². The molecule has 1 aromatic carbocycles. The summed E-state index contributed by atoms with van der Waals surface area (Å²) in [7, 11) is 0. The smallest absolute Gasteiger partial charge is 0.309 e. The molecular formula is C11H8BrNO3. The molecule has 16 heavy (non-hydrogen) atoms. The predicted octanol–water partition coefficient (Wildman–Crippen LogP) is 2.63. The van der Waals surface area contributed by atoms with Crippen LogP contribution in [0.2, 0.25) is 0 Å². The van der Waals surface area contributed by atoms with Gasteiger partial charge in [0.15, 0.2) is 0 Å². The van der Waals surface area contributed by atoms with Gasteiger partial charge in [0.25, 0.3) is 0 Å². The van der Waals surface area contributed by atoms with Gasteiger partial charge in [-0.1, -0.05) is 0 Å². The maximum Gasteiger partial charge on any atom is 0.309 e. The molecule has 0 bridgehead atoms. The molecule has 1 heterocycles. The molecule has 0 saturated carbocycles. The van der Waals surface area contributed by atoms with Crippen molar-refractivity contribution in [2.24, 2.45) is 0 Å². The van der Waals surface area contributed by atoms with E-state index >= 15 is 0 Å². The standard InChI is InChI=1S/C11H8BrNO3/c1-6(14)16-9-5-3-7-2-4-8(15)10(12)11(7)13-9/h2-5,15H,1H3. The van der Waals surface area contributed by atoms with E-state index in [-0.39, 0.29) is 11.6 Å². The van der Waals surface area contributed by atoms with Crippen LogP contribution in [0.5, 0.6) is 11.6 Å². The highest BCUT2D eigenvalue weighted by Crippen LogP contribution is 2.31. The molecule has 0 aliphatic rings. The highest BCUT2D eigenvalue weighted by Gasteiger charge is 2.07. The van der Waals surface area contributed by atoms with Crippen LogP contribution in [-0.2, 0) is 4.79 Å². The Hall–Kier alpha value is -1.62. The summed E-state index contributed by atoms with van der Waals surface area (Å²) in [5.74, 6) is -0.116. The summed E-state index contributed by atoms with van der Waals surface area (Å²) in [6.45, 7) is 1.31. The summed E-state index contributed by atoms with van der Waals surface area (Å²) in [6, 6.07) is 6.68. The molecule has 0 aliphatic heterocycles. The molecule has 2 rings (SSSR count). The molecule has 4 nitrogen and oxygen atoms in total. The number of esters is 1. The molecule has 0 saturated heterocycles. The van der Waals surface area contributed by atoms with Gasteiger partial charge in [-0.05, 0) is 34.1 Å². The van der Waals surface area contributed by atoms with Crippen LogP contribution in [0, 0.1) is 0 Å². The number of hydrogen-bond acceptors (Lipinski definition) is 4. The van der Waals surface area contributed by atoms with Gasteiger partial charge < -0.3 is 9.84 Å². The number of fused-ring (bicyclic) bond motifs is 1. The number of carbonyl (C=O) groups excluding carboxylic acids is 1. The number of nitrogens with zero attached hydrogens (tertiary/aromatic N) is 1. The van der Waals surface area contributed by atoms with Gasteiger partial charge in [-0.15, -0.1) is 0 Å². The summed E-state index contributed by atoms with van der Waals surface area (Å²) in [6.07, 6.45) is 0. The Morgan fingerprint density at radius 2 is 2.06 bits per heavy atom. The number of pyridine rings is 1. The minimum absolute atomic E-state index is 0.0972. The maximum absolute atomic E-state index is 10.8. The van der Waals surface area contributed by atoms with Crippen LogP contribution in [0.25, 0.3) is 10.9 Å². The Bertz CT molecular complexity index is 568. The van der Waals surface area contributed by atoms with Gasteiger partial charge in [-0.2, -0.15) is 0 Å². The van der Waals surface area contributed by atoms with E-state index in [1.807, 2.05) is 0 Å². The predicted molar refractivity (Wildman–Crippen MR) is 62.4 cm³/mol. The van der Waals surface area contributed by atoms with E-state index < -0.39 is 5.97 Å². The monoisotopic (exact) mass is 281 g/mol. The number of carbonyl (C=O) groups is 1. The Kier molecular flexibility index (Phi) is 2.78. The van der Waals surface area contributed by atoms with Crippen LogP contribution < -0.4 is 4.74 Å². The Labute approximate surface area is 100.0 Å².